The van der Waals surface area contributed by atoms with Crippen molar-refractivity contribution in [3.8, 4) is 0 Å². The Hall–Kier alpha value is -1.84. The molecule has 0 bridgehead atoms. The quantitative estimate of drug-likeness (QED) is 0.888. The second-order valence-electron chi connectivity index (χ2n) is 5.36. The first-order chi connectivity index (χ1) is 9.33. The van der Waals surface area contributed by atoms with Crippen molar-refractivity contribution in [1.29, 1.82) is 0 Å². The predicted octanol–water partition coefficient (Wildman–Crippen LogP) is 2.87. The van der Waals surface area contributed by atoms with Crippen molar-refractivity contribution in [3.63, 3.8) is 0 Å². The molecular formula is C15H19N3O. The largest absolute Gasteiger partial charge is 0.350 e. The summed E-state index contributed by atoms with van der Waals surface area (Å²) < 4.78 is 0. The van der Waals surface area contributed by atoms with Gasteiger partial charge < -0.3 is 10.3 Å². The number of aromatic nitrogens is 2. The number of hydrogen-bond donors (Lipinski definition) is 2. The molecule has 100 valence electrons. The van der Waals surface area contributed by atoms with E-state index in [2.05, 4.69) is 15.3 Å². The summed E-state index contributed by atoms with van der Waals surface area (Å²) in [6, 6.07) is 3.74. The summed E-state index contributed by atoms with van der Waals surface area (Å²) in [6.45, 7) is 0.798. The molecule has 0 unspecified atom stereocenters. The van der Waals surface area contributed by atoms with E-state index >= 15 is 0 Å². The van der Waals surface area contributed by atoms with E-state index in [1.165, 1.54) is 32.1 Å². The van der Waals surface area contributed by atoms with Gasteiger partial charge >= 0.3 is 0 Å². The van der Waals surface area contributed by atoms with Gasteiger partial charge in [-0.2, -0.15) is 0 Å². The van der Waals surface area contributed by atoms with Gasteiger partial charge in [0.15, 0.2) is 0 Å². The molecule has 4 nitrogen and oxygen atoms in total. The molecule has 1 aliphatic rings. The van der Waals surface area contributed by atoms with Crippen molar-refractivity contribution in [2.45, 2.75) is 32.1 Å². The van der Waals surface area contributed by atoms with E-state index in [9.17, 15) is 4.79 Å². The van der Waals surface area contributed by atoms with Crippen LogP contribution < -0.4 is 5.32 Å². The van der Waals surface area contributed by atoms with Crippen LogP contribution in [0.15, 0.2) is 24.5 Å². The lowest BCUT2D eigenvalue weighted by Crippen LogP contribution is -2.30. The Labute approximate surface area is 112 Å². The Bertz CT molecular complexity index is 537. The molecule has 2 N–H and O–H groups in total. The van der Waals surface area contributed by atoms with Gasteiger partial charge in [-0.25, -0.2) is 0 Å². The van der Waals surface area contributed by atoms with Gasteiger partial charge in [-0.05, 0) is 30.9 Å². The summed E-state index contributed by atoms with van der Waals surface area (Å²) in [4.78, 5) is 19.3. The zero-order valence-electron chi connectivity index (χ0n) is 11.0. The fourth-order valence-electron chi connectivity index (χ4n) is 2.82. The van der Waals surface area contributed by atoms with Gasteiger partial charge in [-0.1, -0.05) is 19.3 Å². The number of rotatable bonds is 3. The maximum absolute atomic E-state index is 12.1. The highest BCUT2D eigenvalue weighted by atomic mass is 16.1. The van der Waals surface area contributed by atoms with Crippen LogP contribution in [0.3, 0.4) is 0 Å². The Balaban J connectivity index is 1.63. The van der Waals surface area contributed by atoms with Gasteiger partial charge in [0.2, 0.25) is 0 Å². The van der Waals surface area contributed by atoms with Crippen LogP contribution in [0.5, 0.6) is 0 Å². The number of pyridine rings is 1. The first-order valence-corrected chi connectivity index (χ1v) is 7.04. The molecule has 0 radical (unpaired) electrons. The number of nitrogens with one attached hydrogen (secondary N) is 2. The number of carbonyl (C=O) groups excluding carboxylic acids is 1. The molecule has 2 aromatic heterocycles. The third-order valence-electron chi connectivity index (χ3n) is 3.94. The van der Waals surface area contributed by atoms with E-state index in [0.717, 1.165) is 17.4 Å². The van der Waals surface area contributed by atoms with Crippen molar-refractivity contribution in [3.05, 3.63) is 30.2 Å². The van der Waals surface area contributed by atoms with E-state index in [1.807, 2.05) is 12.1 Å². The highest BCUT2D eigenvalue weighted by molar-refractivity contribution is 5.97. The molecule has 0 spiro atoms. The molecular weight excluding hydrogens is 238 g/mol. The van der Waals surface area contributed by atoms with Crippen molar-refractivity contribution in [2.24, 2.45) is 5.92 Å². The summed E-state index contributed by atoms with van der Waals surface area (Å²) in [6.07, 6.45) is 9.94. The van der Waals surface area contributed by atoms with Gasteiger partial charge in [0.25, 0.3) is 5.91 Å². The minimum atomic E-state index is -0.0122. The van der Waals surface area contributed by atoms with Crippen LogP contribution in [-0.4, -0.2) is 22.4 Å². The summed E-state index contributed by atoms with van der Waals surface area (Å²) in [5.41, 5.74) is 1.58. The summed E-state index contributed by atoms with van der Waals surface area (Å²) in [5, 5.41) is 4.02. The van der Waals surface area contributed by atoms with Gasteiger partial charge in [0.05, 0.1) is 0 Å². The normalized spacial score (nSPS) is 16.6. The van der Waals surface area contributed by atoms with Crippen LogP contribution in [0.25, 0.3) is 10.9 Å². The number of fused-ring (bicyclic) bond motifs is 1. The number of carbonyl (C=O) groups is 1. The van der Waals surface area contributed by atoms with E-state index in [-0.39, 0.29) is 5.91 Å². The average molecular weight is 257 g/mol. The van der Waals surface area contributed by atoms with Gasteiger partial charge in [0.1, 0.15) is 5.69 Å². The molecule has 0 saturated heterocycles. The van der Waals surface area contributed by atoms with Crippen LogP contribution in [0.2, 0.25) is 0 Å². The van der Waals surface area contributed by atoms with Crippen LogP contribution in [0, 0.1) is 5.92 Å². The molecule has 0 aliphatic heterocycles. The monoisotopic (exact) mass is 257 g/mol. The Morgan fingerprint density at radius 2 is 2.21 bits per heavy atom. The first-order valence-electron chi connectivity index (χ1n) is 7.04. The van der Waals surface area contributed by atoms with Crippen LogP contribution in [0.4, 0.5) is 0 Å². The molecule has 1 saturated carbocycles. The number of amides is 1. The number of nitrogens with zero attached hydrogens (tertiary/aromatic N) is 1. The Morgan fingerprint density at radius 1 is 1.37 bits per heavy atom. The molecule has 2 aromatic rings. The van der Waals surface area contributed by atoms with Crippen LogP contribution >= 0.6 is 0 Å². The van der Waals surface area contributed by atoms with E-state index in [4.69, 9.17) is 0 Å². The van der Waals surface area contributed by atoms with E-state index in [0.29, 0.717) is 11.6 Å². The van der Waals surface area contributed by atoms with Crippen molar-refractivity contribution in [1.82, 2.24) is 15.3 Å². The highest BCUT2D eigenvalue weighted by Gasteiger charge is 2.15. The minimum Gasteiger partial charge on any atom is -0.350 e. The fraction of sp³-hybridized carbons (Fsp3) is 0.467. The molecule has 19 heavy (non-hydrogen) atoms. The van der Waals surface area contributed by atoms with Crippen molar-refractivity contribution in [2.75, 3.05) is 6.54 Å². The molecule has 3 rings (SSSR count). The third-order valence-corrected chi connectivity index (χ3v) is 3.94. The molecule has 1 amide bonds. The fourth-order valence-corrected chi connectivity index (χ4v) is 2.82. The van der Waals surface area contributed by atoms with Gasteiger partial charge in [-0.3, -0.25) is 9.78 Å². The van der Waals surface area contributed by atoms with Crippen LogP contribution in [0.1, 0.15) is 42.6 Å². The molecule has 2 heterocycles. The summed E-state index contributed by atoms with van der Waals surface area (Å²) in [7, 11) is 0. The van der Waals surface area contributed by atoms with Crippen molar-refractivity contribution >= 4 is 16.8 Å². The lowest BCUT2D eigenvalue weighted by atomic mass is 9.89. The topological polar surface area (TPSA) is 57.8 Å². The molecule has 1 aliphatic carbocycles. The highest BCUT2D eigenvalue weighted by Crippen LogP contribution is 2.22. The number of H-pyrrole nitrogens is 1. The lowest BCUT2D eigenvalue weighted by molar-refractivity contribution is 0.0939. The molecule has 0 aromatic carbocycles. The number of aromatic amines is 1. The van der Waals surface area contributed by atoms with E-state index in [1.54, 1.807) is 12.4 Å². The van der Waals surface area contributed by atoms with Gasteiger partial charge in [0, 0.05) is 29.8 Å². The van der Waals surface area contributed by atoms with Crippen LogP contribution in [-0.2, 0) is 0 Å². The molecule has 1 fully saturated rings. The average Bonchev–Trinajstić information content (AvgIpc) is 2.90. The lowest BCUT2D eigenvalue weighted by Gasteiger charge is -2.21. The minimum absolute atomic E-state index is 0.0122. The van der Waals surface area contributed by atoms with Gasteiger partial charge in [-0.15, -0.1) is 0 Å². The maximum Gasteiger partial charge on any atom is 0.267 e. The predicted molar refractivity (Wildman–Crippen MR) is 75.0 cm³/mol. The zero-order chi connectivity index (χ0) is 13.1. The molecule has 0 atom stereocenters. The Kier molecular flexibility index (Phi) is 3.49. The smallest absolute Gasteiger partial charge is 0.267 e. The van der Waals surface area contributed by atoms with Crippen molar-refractivity contribution < 1.29 is 4.79 Å². The zero-order valence-corrected chi connectivity index (χ0v) is 11.0. The first kappa shape index (κ1) is 12.2. The molecule has 4 heteroatoms. The standard InChI is InChI=1S/C15H19N3O/c19-15(17-9-11-4-2-1-3-5-11)14-8-12-10-16-7-6-13(12)18-14/h6-8,10-11,18H,1-5,9H2,(H,17,19). The second kappa shape index (κ2) is 5.43. The SMILES string of the molecule is O=C(NCC1CCCCC1)c1cc2cnccc2[nH]1. The number of hydrogen-bond acceptors (Lipinski definition) is 2. The Morgan fingerprint density at radius 3 is 3.00 bits per heavy atom. The third kappa shape index (κ3) is 2.78. The second-order valence-corrected chi connectivity index (χ2v) is 5.36. The summed E-state index contributed by atoms with van der Waals surface area (Å²) in [5.74, 6) is 0.644. The maximum atomic E-state index is 12.1. The van der Waals surface area contributed by atoms with E-state index < -0.39 is 0 Å². The summed E-state index contributed by atoms with van der Waals surface area (Å²) >= 11 is 0.